The summed E-state index contributed by atoms with van der Waals surface area (Å²) in [7, 11) is 0. The summed E-state index contributed by atoms with van der Waals surface area (Å²) in [6.07, 6.45) is 4.85. The SMILES string of the molecule is CC(C)(C)OC(=O)NCCNC(=O)N1CCN(C2CCCC2)CC1. The number of hydrogen-bond acceptors (Lipinski definition) is 4. The number of urea groups is 1. The highest BCUT2D eigenvalue weighted by molar-refractivity contribution is 5.74. The van der Waals surface area contributed by atoms with Crippen molar-refractivity contribution in [2.45, 2.75) is 58.1 Å². The highest BCUT2D eigenvalue weighted by atomic mass is 16.6. The smallest absolute Gasteiger partial charge is 0.407 e. The molecule has 1 aliphatic heterocycles. The fraction of sp³-hybridized carbons (Fsp3) is 0.882. The molecule has 138 valence electrons. The van der Waals surface area contributed by atoms with Gasteiger partial charge in [0.15, 0.2) is 0 Å². The number of ether oxygens (including phenoxy) is 1. The quantitative estimate of drug-likeness (QED) is 0.765. The summed E-state index contributed by atoms with van der Waals surface area (Å²) in [5.41, 5.74) is -0.508. The summed E-state index contributed by atoms with van der Waals surface area (Å²) in [6, 6.07) is 0.681. The first kappa shape index (κ1) is 18.8. The van der Waals surface area contributed by atoms with Gasteiger partial charge in [-0.25, -0.2) is 9.59 Å². The number of hydrogen-bond donors (Lipinski definition) is 2. The summed E-state index contributed by atoms with van der Waals surface area (Å²) in [6.45, 7) is 9.72. The Morgan fingerprint density at radius 3 is 2.17 bits per heavy atom. The van der Waals surface area contributed by atoms with Crippen LogP contribution in [0.2, 0.25) is 0 Å². The predicted molar refractivity (Wildman–Crippen MR) is 93.0 cm³/mol. The molecule has 7 heteroatoms. The van der Waals surface area contributed by atoms with E-state index in [4.69, 9.17) is 4.74 Å². The molecule has 3 amide bonds. The van der Waals surface area contributed by atoms with Gasteiger partial charge in [-0.15, -0.1) is 0 Å². The largest absolute Gasteiger partial charge is 0.444 e. The van der Waals surface area contributed by atoms with Crippen LogP contribution in [-0.4, -0.2) is 72.8 Å². The Morgan fingerprint density at radius 1 is 1.00 bits per heavy atom. The molecule has 1 aliphatic carbocycles. The van der Waals surface area contributed by atoms with Gasteiger partial charge in [-0.3, -0.25) is 4.90 Å². The first-order valence-electron chi connectivity index (χ1n) is 9.09. The van der Waals surface area contributed by atoms with E-state index in [-0.39, 0.29) is 6.03 Å². The lowest BCUT2D eigenvalue weighted by Crippen LogP contribution is -2.54. The van der Waals surface area contributed by atoms with Gasteiger partial charge in [-0.1, -0.05) is 12.8 Å². The minimum atomic E-state index is -0.508. The third-order valence-corrected chi connectivity index (χ3v) is 4.51. The van der Waals surface area contributed by atoms with Crippen molar-refractivity contribution in [3.8, 4) is 0 Å². The lowest BCUT2D eigenvalue weighted by molar-refractivity contribution is 0.0527. The summed E-state index contributed by atoms with van der Waals surface area (Å²) in [5.74, 6) is 0. The van der Waals surface area contributed by atoms with Gasteiger partial charge in [0.1, 0.15) is 5.60 Å². The van der Waals surface area contributed by atoms with Gasteiger partial charge in [-0.2, -0.15) is 0 Å². The van der Waals surface area contributed by atoms with Crippen molar-refractivity contribution in [3.05, 3.63) is 0 Å². The van der Waals surface area contributed by atoms with Gasteiger partial charge in [0, 0.05) is 45.3 Å². The Hall–Kier alpha value is -1.50. The molecular formula is C17H32N4O3. The first-order chi connectivity index (χ1) is 11.3. The number of alkyl carbamates (subject to hydrolysis) is 1. The Labute approximate surface area is 145 Å². The maximum atomic E-state index is 12.2. The minimum absolute atomic E-state index is 0.0490. The number of carbonyl (C=O) groups excluding carboxylic acids is 2. The van der Waals surface area contributed by atoms with Gasteiger partial charge in [-0.05, 0) is 33.6 Å². The molecule has 0 radical (unpaired) electrons. The lowest BCUT2D eigenvalue weighted by atomic mass is 10.2. The third-order valence-electron chi connectivity index (χ3n) is 4.51. The maximum Gasteiger partial charge on any atom is 0.407 e. The van der Waals surface area contributed by atoms with Gasteiger partial charge in [0.05, 0.1) is 0 Å². The van der Waals surface area contributed by atoms with E-state index in [1.165, 1.54) is 25.7 Å². The molecule has 2 rings (SSSR count). The summed E-state index contributed by atoms with van der Waals surface area (Å²) in [4.78, 5) is 28.0. The number of carbonyl (C=O) groups is 2. The highest BCUT2D eigenvalue weighted by Gasteiger charge is 2.27. The molecule has 0 spiro atoms. The zero-order chi connectivity index (χ0) is 17.6. The zero-order valence-electron chi connectivity index (χ0n) is 15.3. The molecule has 1 saturated carbocycles. The summed E-state index contributed by atoms with van der Waals surface area (Å²) >= 11 is 0. The zero-order valence-corrected chi connectivity index (χ0v) is 15.3. The molecule has 0 bridgehead atoms. The Balaban J connectivity index is 1.57. The van der Waals surface area contributed by atoms with Crippen molar-refractivity contribution in [2.24, 2.45) is 0 Å². The van der Waals surface area contributed by atoms with Crippen LogP contribution in [0.5, 0.6) is 0 Å². The molecule has 0 aromatic rings. The van der Waals surface area contributed by atoms with E-state index in [1.54, 1.807) is 0 Å². The Bertz CT molecular complexity index is 422. The third kappa shape index (κ3) is 6.19. The molecule has 0 unspecified atom stereocenters. The van der Waals surface area contributed by atoms with Crippen LogP contribution in [0.25, 0.3) is 0 Å². The van der Waals surface area contributed by atoms with Gasteiger partial charge >= 0.3 is 12.1 Å². The van der Waals surface area contributed by atoms with Crippen molar-refractivity contribution in [1.29, 1.82) is 0 Å². The fourth-order valence-electron chi connectivity index (χ4n) is 3.32. The van der Waals surface area contributed by atoms with Crippen molar-refractivity contribution < 1.29 is 14.3 Å². The average Bonchev–Trinajstić information content (AvgIpc) is 3.04. The lowest BCUT2D eigenvalue weighted by Gasteiger charge is -2.38. The van der Waals surface area contributed by atoms with E-state index in [1.807, 2.05) is 25.7 Å². The molecule has 2 aliphatic rings. The second-order valence-corrected chi connectivity index (χ2v) is 7.62. The van der Waals surface area contributed by atoms with Crippen molar-refractivity contribution >= 4 is 12.1 Å². The highest BCUT2D eigenvalue weighted by Crippen LogP contribution is 2.24. The molecule has 0 atom stereocenters. The normalized spacial score (nSPS) is 20.0. The molecule has 7 nitrogen and oxygen atoms in total. The molecule has 0 aromatic carbocycles. The van der Waals surface area contributed by atoms with Crippen LogP contribution in [0.1, 0.15) is 46.5 Å². The molecule has 2 N–H and O–H groups in total. The summed E-state index contributed by atoms with van der Waals surface area (Å²) in [5, 5.41) is 5.49. The standard InChI is InChI=1S/C17H32N4O3/c1-17(2,3)24-16(23)19-9-8-18-15(22)21-12-10-20(11-13-21)14-6-4-5-7-14/h14H,4-13H2,1-3H3,(H,18,22)(H,19,23). The van der Waals surface area contributed by atoms with E-state index >= 15 is 0 Å². The second kappa shape index (κ2) is 8.55. The Kier molecular flexibility index (Phi) is 6.71. The van der Waals surface area contributed by atoms with Crippen LogP contribution in [0.4, 0.5) is 9.59 Å². The molecule has 0 aromatic heterocycles. The van der Waals surface area contributed by atoms with Crippen molar-refractivity contribution in [3.63, 3.8) is 0 Å². The number of rotatable bonds is 4. The van der Waals surface area contributed by atoms with E-state index in [0.29, 0.717) is 13.1 Å². The minimum Gasteiger partial charge on any atom is -0.444 e. The second-order valence-electron chi connectivity index (χ2n) is 7.62. The number of nitrogens with one attached hydrogen (secondary N) is 2. The van der Waals surface area contributed by atoms with Crippen molar-refractivity contribution in [1.82, 2.24) is 20.4 Å². The molecule has 24 heavy (non-hydrogen) atoms. The summed E-state index contributed by atoms with van der Waals surface area (Å²) < 4.78 is 5.14. The topological polar surface area (TPSA) is 73.9 Å². The molecule has 2 fully saturated rings. The van der Waals surface area contributed by atoms with Crippen LogP contribution in [0, 0.1) is 0 Å². The van der Waals surface area contributed by atoms with Crippen LogP contribution >= 0.6 is 0 Å². The fourth-order valence-corrected chi connectivity index (χ4v) is 3.32. The van der Waals surface area contributed by atoms with Crippen LogP contribution < -0.4 is 10.6 Å². The monoisotopic (exact) mass is 340 g/mol. The van der Waals surface area contributed by atoms with Crippen LogP contribution in [0.15, 0.2) is 0 Å². The van der Waals surface area contributed by atoms with E-state index in [9.17, 15) is 9.59 Å². The number of piperazine rings is 1. The predicted octanol–water partition coefficient (Wildman–Crippen LogP) is 1.78. The number of nitrogens with zero attached hydrogens (tertiary/aromatic N) is 2. The van der Waals surface area contributed by atoms with Gasteiger partial charge < -0.3 is 20.3 Å². The van der Waals surface area contributed by atoms with Crippen LogP contribution in [0.3, 0.4) is 0 Å². The van der Waals surface area contributed by atoms with Gasteiger partial charge in [0.25, 0.3) is 0 Å². The maximum absolute atomic E-state index is 12.2. The Morgan fingerprint density at radius 2 is 1.58 bits per heavy atom. The molecular weight excluding hydrogens is 308 g/mol. The van der Waals surface area contributed by atoms with Crippen molar-refractivity contribution in [2.75, 3.05) is 39.3 Å². The first-order valence-corrected chi connectivity index (χ1v) is 9.09. The van der Waals surface area contributed by atoms with Gasteiger partial charge in [0.2, 0.25) is 0 Å². The number of amides is 3. The van der Waals surface area contributed by atoms with E-state index in [2.05, 4.69) is 15.5 Å². The molecule has 1 heterocycles. The molecule has 1 saturated heterocycles. The van der Waals surface area contributed by atoms with Crippen LogP contribution in [-0.2, 0) is 4.74 Å². The van der Waals surface area contributed by atoms with E-state index in [0.717, 1.165) is 32.2 Å². The average molecular weight is 340 g/mol. The van der Waals surface area contributed by atoms with E-state index < -0.39 is 11.7 Å².